The fourth-order valence-corrected chi connectivity index (χ4v) is 1.89. The van der Waals surface area contributed by atoms with E-state index in [0.29, 0.717) is 6.04 Å². The Labute approximate surface area is 86.1 Å². The van der Waals surface area contributed by atoms with Gasteiger partial charge in [0.05, 0.1) is 5.69 Å². The second-order valence-electron chi connectivity index (χ2n) is 3.41. The van der Waals surface area contributed by atoms with Crippen molar-refractivity contribution in [1.29, 1.82) is 0 Å². The van der Waals surface area contributed by atoms with Gasteiger partial charge in [0.1, 0.15) is 4.60 Å². The van der Waals surface area contributed by atoms with Crippen molar-refractivity contribution in [1.82, 2.24) is 9.88 Å². The minimum absolute atomic E-state index is 0.368. The predicted octanol–water partition coefficient (Wildman–Crippen LogP) is 0.987. The number of pyridine rings is 1. The zero-order chi connectivity index (χ0) is 9.26. The quantitative estimate of drug-likeness (QED) is 0.786. The van der Waals surface area contributed by atoms with Crippen LogP contribution in [0.15, 0.2) is 22.8 Å². The first-order valence-electron chi connectivity index (χ1n) is 4.33. The molecule has 0 amide bonds. The van der Waals surface area contributed by atoms with Crippen LogP contribution < -0.4 is 5.73 Å². The summed E-state index contributed by atoms with van der Waals surface area (Å²) in [6.07, 6.45) is 0. The molecule has 1 saturated heterocycles. The summed E-state index contributed by atoms with van der Waals surface area (Å²) in [4.78, 5) is 6.65. The van der Waals surface area contributed by atoms with Gasteiger partial charge in [-0.25, -0.2) is 4.98 Å². The van der Waals surface area contributed by atoms with E-state index in [0.717, 1.165) is 29.9 Å². The monoisotopic (exact) mass is 241 g/mol. The summed E-state index contributed by atoms with van der Waals surface area (Å²) in [5.41, 5.74) is 6.78. The minimum Gasteiger partial charge on any atom is -0.325 e. The smallest absolute Gasteiger partial charge is 0.106 e. The fourth-order valence-electron chi connectivity index (χ4n) is 1.51. The number of hydrogen-bond acceptors (Lipinski definition) is 3. The lowest BCUT2D eigenvalue weighted by atomic mass is 10.1. The Bertz CT molecular complexity index is 297. The minimum atomic E-state index is 0.368. The van der Waals surface area contributed by atoms with Crippen LogP contribution in [0.4, 0.5) is 0 Å². The number of nitrogens with two attached hydrogens (primary N) is 1. The summed E-state index contributed by atoms with van der Waals surface area (Å²) in [5.74, 6) is 0. The third kappa shape index (κ3) is 2.27. The zero-order valence-corrected chi connectivity index (χ0v) is 8.87. The highest BCUT2D eigenvalue weighted by molar-refractivity contribution is 9.10. The van der Waals surface area contributed by atoms with Gasteiger partial charge >= 0.3 is 0 Å². The molecule has 2 N–H and O–H groups in total. The summed E-state index contributed by atoms with van der Waals surface area (Å²) >= 11 is 3.35. The van der Waals surface area contributed by atoms with E-state index in [2.05, 4.69) is 25.8 Å². The van der Waals surface area contributed by atoms with Crippen molar-refractivity contribution in [2.45, 2.75) is 12.6 Å². The highest BCUT2D eigenvalue weighted by Crippen LogP contribution is 2.12. The largest absolute Gasteiger partial charge is 0.325 e. The first-order valence-corrected chi connectivity index (χ1v) is 5.13. The summed E-state index contributed by atoms with van der Waals surface area (Å²) in [7, 11) is 0. The van der Waals surface area contributed by atoms with Crippen LogP contribution in [-0.4, -0.2) is 29.0 Å². The van der Waals surface area contributed by atoms with Crippen molar-refractivity contribution in [3.63, 3.8) is 0 Å². The molecule has 0 radical (unpaired) electrons. The van der Waals surface area contributed by atoms with Crippen LogP contribution in [0.2, 0.25) is 0 Å². The van der Waals surface area contributed by atoms with Gasteiger partial charge in [0.15, 0.2) is 0 Å². The van der Waals surface area contributed by atoms with Crippen molar-refractivity contribution < 1.29 is 0 Å². The second-order valence-corrected chi connectivity index (χ2v) is 4.22. The predicted molar refractivity (Wildman–Crippen MR) is 55.2 cm³/mol. The van der Waals surface area contributed by atoms with E-state index in [-0.39, 0.29) is 0 Å². The zero-order valence-electron chi connectivity index (χ0n) is 7.28. The van der Waals surface area contributed by atoms with E-state index in [1.165, 1.54) is 0 Å². The topological polar surface area (TPSA) is 42.1 Å². The molecular weight excluding hydrogens is 230 g/mol. The number of nitrogens with zero attached hydrogens (tertiary/aromatic N) is 2. The van der Waals surface area contributed by atoms with Crippen molar-refractivity contribution in [2.24, 2.45) is 5.73 Å². The number of hydrogen-bond donors (Lipinski definition) is 1. The standard InChI is InChI=1S/C9H12BrN3/c10-9-3-1-2-8(12-9)6-13-4-7(11)5-13/h1-3,7H,4-6,11H2. The van der Waals surface area contributed by atoms with Crippen molar-refractivity contribution in [2.75, 3.05) is 13.1 Å². The summed E-state index contributed by atoms with van der Waals surface area (Å²) in [6, 6.07) is 6.35. The van der Waals surface area contributed by atoms with Gasteiger partial charge in [0, 0.05) is 25.7 Å². The summed E-state index contributed by atoms with van der Waals surface area (Å²) in [6.45, 7) is 2.90. The second kappa shape index (κ2) is 3.74. The number of rotatable bonds is 2. The molecule has 2 rings (SSSR count). The maximum Gasteiger partial charge on any atom is 0.106 e. The van der Waals surface area contributed by atoms with E-state index >= 15 is 0 Å². The van der Waals surface area contributed by atoms with Gasteiger partial charge in [-0.05, 0) is 28.1 Å². The Hall–Kier alpha value is -0.450. The number of aromatic nitrogens is 1. The molecule has 13 heavy (non-hydrogen) atoms. The molecule has 0 aliphatic carbocycles. The average Bonchev–Trinajstić information content (AvgIpc) is 2.01. The molecule has 3 nitrogen and oxygen atoms in total. The van der Waals surface area contributed by atoms with Crippen molar-refractivity contribution >= 4 is 15.9 Å². The van der Waals surface area contributed by atoms with E-state index < -0.39 is 0 Å². The summed E-state index contributed by atoms with van der Waals surface area (Å²) < 4.78 is 0.898. The van der Waals surface area contributed by atoms with Crippen LogP contribution in [0.3, 0.4) is 0 Å². The Morgan fingerprint density at radius 3 is 2.92 bits per heavy atom. The summed E-state index contributed by atoms with van der Waals surface area (Å²) in [5, 5.41) is 0. The van der Waals surface area contributed by atoms with E-state index in [9.17, 15) is 0 Å². The Kier molecular flexibility index (Phi) is 2.62. The lowest BCUT2D eigenvalue weighted by Crippen LogP contribution is -2.54. The van der Waals surface area contributed by atoms with Gasteiger partial charge in [-0.1, -0.05) is 6.07 Å². The molecule has 1 aromatic heterocycles. The SMILES string of the molecule is NC1CN(Cc2cccc(Br)n2)C1. The highest BCUT2D eigenvalue weighted by Gasteiger charge is 2.22. The number of likely N-dealkylation sites (tertiary alicyclic amines) is 1. The molecule has 0 aromatic carbocycles. The molecule has 0 spiro atoms. The van der Waals surface area contributed by atoms with Crippen LogP contribution >= 0.6 is 15.9 Å². The van der Waals surface area contributed by atoms with Gasteiger partial charge < -0.3 is 5.73 Å². The maximum atomic E-state index is 5.68. The molecule has 1 fully saturated rings. The first-order chi connectivity index (χ1) is 6.24. The molecule has 1 aliphatic rings. The van der Waals surface area contributed by atoms with Gasteiger partial charge in [0.25, 0.3) is 0 Å². The van der Waals surface area contributed by atoms with Crippen LogP contribution in [0, 0.1) is 0 Å². The lowest BCUT2D eigenvalue weighted by Gasteiger charge is -2.36. The van der Waals surface area contributed by atoms with Crippen LogP contribution in [0.5, 0.6) is 0 Å². The average molecular weight is 242 g/mol. The van der Waals surface area contributed by atoms with Crippen LogP contribution in [0.1, 0.15) is 5.69 Å². The van der Waals surface area contributed by atoms with E-state index in [1.54, 1.807) is 0 Å². The van der Waals surface area contributed by atoms with Crippen LogP contribution in [-0.2, 0) is 6.54 Å². The highest BCUT2D eigenvalue weighted by atomic mass is 79.9. The van der Waals surface area contributed by atoms with Crippen LogP contribution in [0.25, 0.3) is 0 Å². The molecular formula is C9H12BrN3. The van der Waals surface area contributed by atoms with E-state index in [4.69, 9.17) is 5.73 Å². The van der Waals surface area contributed by atoms with Crippen molar-refractivity contribution in [3.05, 3.63) is 28.5 Å². The third-order valence-electron chi connectivity index (χ3n) is 2.14. The number of halogens is 1. The Morgan fingerprint density at radius 1 is 1.54 bits per heavy atom. The molecule has 0 bridgehead atoms. The maximum absolute atomic E-state index is 5.68. The Balaban J connectivity index is 1.94. The lowest BCUT2D eigenvalue weighted by molar-refractivity contribution is 0.140. The molecule has 4 heteroatoms. The first kappa shape index (κ1) is 9.12. The Morgan fingerprint density at radius 2 is 2.31 bits per heavy atom. The van der Waals surface area contributed by atoms with Crippen molar-refractivity contribution in [3.8, 4) is 0 Å². The molecule has 70 valence electrons. The molecule has 0 saturated carbocycles. The van der Waals surface area contributed by atoms with Gasteiger partial charge in [-0.3, -0.25) is 4.90 Å². The molecule has 0 unspecified atom stereocenters. The fraction of sp³-hybridized carbons (Fsp3) is 0.444. The molecule has 1 aliphatic heterocycles. The van der Waals surface area contributed by atoms with Gasteiger partial charge in [0.2, 0.25) is 0 Å². The van der Waals surface area contributed by atoms with Gasteiger partial charge in [-0.2, -0.15) is 0 Å². The third-order valence-corrected chi connectivity index (χ3v) is 2.59. The molecule has 1 aromatic rings. The normalized spacial score (nSPS) is 18.6. The molecule has 0 atom stereocenters. The molecule has 2 heterocycles. The van der Waals surface area contributed by atoms with E-state index in [1.807, 2.05) is 18.2 Å². The van der Waals surface area contributed by atoms with Gasteiger partial charge in [-0.15, -0.1) is 0 Å².